The normalized spacial score (nSPS) is 12.6. The maximum absolute atomic E-state index is 6.93. The highest BCUT2D eigenvalue weighted by Gasteiger charge is 1.99. The lowest BCUT2D eigenvalue weighted by Crippen LogP contribution is -2.18. The third kappa shape index (κ3) is 2.39. The number of hydrogen-bond donors (Lipinski definition) is 2. The van der Waals surface area contributed by atoms with Crippen LogP contribution in [0.3, 0.4) is 0 Å². The molecule has 0 aliphatic rings. The lowest BCUT2D eigenvalue weighted by atomic mass is 10.1. The number of rotatable bonds is 3. The summed E-state index contributed by atoms with van der Waals surface area (Å²) in [6, 6.07) is 0. The Hall–Kier alpha value is -0.790. The first-order chi connectivity index (χ1) is 3.68. The van der Waals surface area contributed by atoms with E-state index in [9.17, 15) is 0 Å². The van der Waals surface area contributed by atoms with E-state index in [4.69, 9.17) is 11.1 Å². The maximum atomic E-state index is 6.93. The van der Waals surface area contributed by atoms with Crippen LogP contribution in [0.15, 0.2) is 12.7 Å². The van der Waals surface area contributed by atoms with Crippen LogP contribution in [0, 0.1) is 11.3 Å². The number of nitrogens with one attached hydrogen (secondary N) is 1. The largest absolute Gasteiger partial charge is 0.387 e. The molecule has 0 heterocycles. The van der Waals surface area contributed by atoms with Gasteiger partial charge in [-0.15, -0.1) is 6.58 Å². The molecular formula is C6H12N2. The molecule has 0 saturated carbocycles. The topological polar surface area (TPSA) is 49.9 Å². The van der Waals surface area contributed by atoms with E-state index >= 15 is 0 Å². The minimum atomic E-state index is 0.160. The Balaban J connectivity index is 3.46. The quantitative estimate of drug-likeness (QED) is 0.321. The molecule has 0 aliphatic carbocycles. The molecule has 0 radical (unpaired) electrons. The van der Waals surface area contributed by atoms with Crippen LogP contribution in [0.1, 0.15) is 13.3 Å². The summed E-state index contributed by atoms with van der Waals surface area (Å²) in [6.45, 7) is 5.44. The highest BCUT2D eigenvalue weighted by atomic mass is 14.7. The lowest BCUT2D eigenvalue weighted by molar-refractivity contribution is 0.777. The molecule has 3 N–H and O–H groups in total. The molecule has 0 aromatic rings. The molecule has 0 aromatic carbocycles. The van der Waals surface area contributed by atoms with Crippen LogP contribution >= 0.6 is 0 Å². The summed E-state index contributed by atoms with van der Waals surface area (Å²) in [4.78, 5) is 0. The summed E-state index contributed by atoms with van der Waals surface area (Å²) in [5.41, 5.74) is 5.16. The Labute approximate surface area is 49.9 Å². The Bertz CT molecular complexity index is 96.7. The van der Waals surface area contributed by atoms with Crippen LogP contribution in [-0.2, 0) is 0 Å². The van der Waals surface area contributed by atoms with E-state index in [1.54, 1.807) is 6.08 Å². The molecule has 0 saturated heterocycles. The molecular weight excluding hydrogens is 100 g/mol. The summed E-state index contributed by atoms with van der Waals surface area (Å²) in [5, 5.41) is 6.93. The van der Waals surface area contributed by atoms with Crippen LogP contribution in [0.5, 0.6) is 0 Å². The van der Waals surface area contributed by atoms with Gasteiger partial charge in [-0.1, -0.05) is 13.0 Å². The molecule has 2 nitrogen and oxygen atoms in total. The minimum absolute atomic E-state index is 0.160. The van der Waals surface area contributed by atoms with E-state index in [1.807, 2.05) is 6.92 Å². The molecule has 1 atom stereocenters. The molecule has 1 unspecified atom stereocenters. The molecule has 0 spiro atoms. The highest BCUT2D eigenvalue weighted by molar-refractivity contribution is 5.79. The zero-order valence-electron chi connectivity index (χ0n) is 5.15. The molecule has 2 heteroatoms. The molecule has 0 bridgehead atoms. The first-order valence-electron chi connectivity index (χ1n) is 2.63. The minimum Gasteiger partial charge on any atom is -0.387 e. The number of allylic oxidation sites excluding steroid dienone is 1. The van der Waals surface area contributed by atoms with Gasteiger partial charge < -0.3 is 5.73 Å². The summed E-state index contributed by atoms with van der Waals surface area (Å²) < 4.78 is 0. The van der Waals surface area contributed by atoms with Crippen molar-refractivity contribution < 1.29 is 0 Å². The van der Waals surface area contributed by atoms with E-state index in [0.29, 0.717) is 0 Å². The summed E-state index contributed by atoms with van der Waals surface area (Å²) in [7, 11) is 0. The van der Waals surface area contributed by atoms with Gasteiger partial charge in [-0.25, -0.2) is 0 Å². The second kappa shape index (κ2) is 3.24. The monoisotopic (exact) mass is 112 g/mol. The van der Waals surface area contributed by atoms with Crippen molar-refractivity contribution >= 4 is 5.84 Å². The second-order valence-corrected chi connectivity index (χ2v) is 1.88. The molecule has 0 aromatic heterocycles. The zero-order valence-corrected chi connectivity index (χ0v) is 5.15. The Morgan fingerprint density at radius 3 is 2.62 bits per heavy atom. The van der Waals surface area contributed by atoms with Gasteiger partial charge in [0.05, 0.1) is 5.84 Å². The molecule has 0 aliphatic heterocycles. The molecule has 0 rings (SSSR count). The van der Waals surface area contributed by atoms with Gasteiger partial charge in [0.1, 0.15) is 0 Å². The predicted octanol–water partition coefficient (Wildman–Crippen LogP) is 1.13. The van der Waals surface area contributed by atoms with Crippen molar-refractivity contribution in [2.75, 3.05) is 0 Å². The van der Waals surface area contributed by atoms with E-state index in [-0.39, 0.29) is 11.8 Å². The average molecular weight is 112 g/mol. The van der Waals surface area contributed by atoms with Gasteiger partial charge in [-0.2, -0.15) is 0 Å². The van der Waals surface area contributed by atoms with Gasteiger partial charge in [0.2, 0.25) is 0 Å². The predicted molar refractivity (Wildman–Crippen MR) is 35.9 cm³/mol. The van der Waals surface area contributed by atoms with Crippen LogP contribution in [0.4, 0.5) is 0 Å². The molecule has 0 fully saturated rings. The van der Waals surface area contributed by atoms with Crippen molar-refractivity contribution in [2.24, 2.45) is 11.7 Å². The fourth-order valence-corrected chi connectivity index (χ4v) is 0.377. The van der Waals surface area contributed by atoms with Crippen LogP contribution < -0.4 is 5.73 Å². The Morgan fingerprint density at radius 2 is 2.50 bits per heavy atom. The standard InChI is InChI=1S/C6H12N2/c1-3-4-5(2)6(7)8/h3,5H,1,4H2,2H3,(H3,7,8). The smallest absolute Gasteiger partial charge is 0.0937 e. The van der Waals surface area contributed by atoms with Crippen molar-refractivity contribution in [3.63, 3.8) is 0 Å². The molecule has 0 amide bonds. The van der Waals surface area contributed by atoms with Crippen molar-refractivity contribution in [2.45, 2.75) is 13.3 Å². The Kier molecular flexibility index (Phi) is 2.92. The summed E-state index contributed by atoms with van der Waals surface area (Å²) in [6.07, 6.45) is 2.57. The SMILES string of the molecule is C=CCC(C)C(=N)N. The summed E-state index contributed by atoms with van der Waals surface area (Å²) >= 11 is 0. The van der Waals surface area contributed by atoms with Crippen molar-refractivity contribution in [1.29, 1.82) is 5.41 Å². The van der Waals surface area contributed by atoms with Gasteiger partial charge in [0, 0.05) is 5.92 Å². The van der Waals surface area contributed by atoms with Gasteiger partial charge in [-0.3, -0.25) is 5.41 Å². The second-order valence-electron chi connectivity index (χ2n) is 1.88. The van der Waals surface area contributed by atoms with Crippen LogP contribution in [0.2, 0.25) is 0 Å². The molecule has 8 heavy (non-hydrogen) atoms. The average Bonchev–Trinajstić information content (AvgIpc) is 1.67. The van der Waals surface area contributed by atoms with E-state index < -0.39 is 0 Å². The first-order valence-corrected chi connectivity index (χ1v) is 2.63. The van der Waals surface area contributed by atoms with Crippen LogP contribution in [0.25, 0.3) is 0 Å². The van der Waals surface area contributed by atoms with Gasteiger partial charge in [-0.05, 0) is 6.42 Å². The Morgan fingerprint density at radius 1 is 2.00 bits per heavy atom. The van der Waals surface area contributed by atoms with Gasteiger partial charge in [0.25, 0.3) is 0 Å². The molecule has 46 valence electrons. The lowest BCUT2D eigenvalue weighted by Gasteiger charge is -2.02. The zero-order chi connectivity index (χ0) is 6.57. The number of nitrogens with two attached hydrogens (primary N) is 1. The first kappa shape index (κ1) is 7.21. The summed E-state index contributed by atoms with van der Waals surface area (Å²) in [5.74, 6) is 0.400. The highest BCUT2D eigenvalue weighted by Crippen LogP contribution is 1.99. The maximum Gasteiger partial charge on any atom is 0.0937 e. The fourth-order valence-electron chi connectivity index (χ4n) is 0.377. The third-order valence-electron chi connectivity index (χ3n) is 1.05. The fraction of sp³-hybridized carbons (Fsp3) is 0.500. The van der Waals surface area contributed by atoms with Gasteiger partial charge >= 0.3 is 0 Å². The van der Waals surface area contributed by atoms with Gasteiger partial charge in [0.15, 0.2) is 0 Å². The van der Waals surface area contributed by atoms with Crippen LogP contribution in [-0.4, -0.2) is 5.84 Å². The number of hydrogen-bond acceptors (Lipinski definition) is 1. The van der Waals surface area contributed by atoms with E-state index in [0.717, 1.165) is 6.42 Å². The third-order valence-corrected chi connectivity index (χ3v) is 1.05. The number of amidine groups is 1. The van der Waals surface area contributed by atoms with Crippen molar-refractivity contribution in [1.82, 2.24) is 0 Å². The van der Waals surface area contributed by atoms with Crippen molar-refractivity contribution in [3.8, 4) is 0 Å². The van der Waals surface area contributed by atoms with Crippen molar-refractivity contribution in [3.05, 3.63) is 12.7 Å². The van der Waals surface area contributed by atoms with E-state index in [2.05, 4.69) is 6.58 Å². The van der Waals surface area contributed by atoms with E-state index in [1.165, 1.54) is 0 Å².